The molecular formula is C12H22ClNO2S. The lowest BCUT2D eigenvalue weighted by Crippen LogP contribution is -2.31. The van der Waals surface area contributed by atoms with Gasteiger partial charge in [0.2, 0.25) is 0 Å². The van der Waals surface area contributed by atoms with Crippen LogP contribution in [0.3, 0.4) is 0 Å². The lowest BCUT2D eigenvalue weighted by atomic mass is 10.0. The van der Waals surface area contributed by atoms with Crippen molar-refractivity contribution in [2.24, 2.45) is 0 Å². The Hall–Kier alpha value is 0.0700. The van der Waals surface area contributed by atoms with Gasteiger partial charge in [0.25, 0.3) is 0 Å². The van der Waals surface area contributed by atoms with E-state index in [0.29, 0.717) is 5.25 Å². The van der Waals surface area contributed by atoms with E-state index >= 15 is 0 Å². The van der Waals surface area contributed by atoms with Crippen LogP contribution in [0.2, 0.25) is 0 Å². The van der Waals surface area contributed by atoms with Gasteiger partial charge in [-0.1, -0.05) is 19.3 Å². The van der Waals surface area contributed by atoms with Gasteiger partial charge in [0.1, 0.15) is 6.04 Å². The normalized spacial score (nSPS) is 29.7. The molecule has 0 bridgehead atoms. The third-order valence-electron chi connectivity index (χ3n) is 3.51. The van der Waals surface area contributed by atoms with Crippen molar-refractivity contribution in [2.75, 3.05) is 13.7 Å². The van der Waals surface area contributed by atoms with E-state index in [1.807, 2.05) is 0 Å². The van der Waals surface area contributed by atoms with Crippen LogP contribution in [0.5, 0.6) is 0 Å². The number of hydrogen-bond acceptors (Lipinski definition) is 4. The van der Waals surface area contributed by atoms with Crippen LogP contribution in [-0.2, 0) is 9.53 Å². The van der Waals surface area contributed by atoms with Crippen molar-refractivity contribution >= 4 is 30.1 Å². The van der Waals surface area contributed by atoms with Gasteiger partial charge in [0.15, 0.2) is 0 Å². The molecule has 1 saturated heterocycles. The third kappa shape index (κ3) is 4.34. The second-order valence-corrected chi connectivity index (χ2v) is 6.34. The molecule has 0 aromatic rings. The van der Waals surface area contributed by atoms with Gasteiger partial charge in [-0.15, -0.1) is 12.4 Å². The summed E-state index contributed by atoms with van der Waals surface area (Å²) in [5.74, 6) is -0.105. The summed E-state index contributed by atoms with van der Waals surface area (Å²) >= 11 is 2.09. The molecule has 3 nitrogen and oxygen atoms in total. The molecule has 0 radical (unpaired) electrons. The smallest absolute Gasteiger partial charge is 0.322 e. The van der Waals surface area contributed by atoms with Crippen LogP contribution in [-0.4, -0.2) is 36.2 Å². The van der Waals surface area contributed by atoms with E-state index in [9.17, 15) is 4.79 Å². The van der Waals surface area contributed by atoms with Gasteiger partial charge in [0.05, 0.1) is 7.11 Å². The minimum atomic E-state index is -0.105. The standard InChI is InChI=1S/C12H21NO2S.ClH/c1-15-12(14)11-7-10(8-13-11)16-9-5-3-2-4-6-9;/h9-11,13H,2-8H2,1H3;1H. The van der Waals surface area contributed by atoms with Crippen molar-refractivity contribution in [1.29, 1.82) is 0 Å². The highest BCUT2D eigenvalue weighted by molar-refractivity contribution is 8.00. The van der Waals surface area contributed by atoms with Crippen molar-refractivity contribution in [1.82, 2.24) is 5.32 Å². The molecule has 5 heteroatoms. The first kappa shape index (κ1) is 15.1. The van der Waals surface area contributed by atoms with Gasteiger partial charge in [0, 0.05) is 17.0 Å². The summed E-state index contributed by atoms with van der Waals surface area (Å²) in [7, 11) is 1.46. The van der Waals surface area contributed by atoms with Gasteiger partial charge >= 0.3 is 5.97 Å². The molecule has 1 saturated carbocycles. The summed E-state index contributed by atoms with van der Waals surface area (Å²) in [6.45, 7) is 0.959. The number of halogens is 1. The van der Waals surface area contributed by atoms with E-state index in [-0.39, 0.29) is 24.4 Å². The second kappa shape index (κ2) is 7.49. The van der Waals surface area contributed by atoms with Gasteiger partial charge in [-0.25, -0.2) is 0 Å². The molecule has 1 heterocycles. The summed E-state index contributed by atoms with van der Waals surface area (Å²) in [4.78, 5) is 11.4. The summed E-state index contributed by atoms with van der Waals surface area (Å²) in [6.07, 6.45) is 7.85. The monoisotopic (exact) mass is 279 g/mol. The summed E-state index contributed by atoms with van der Waals surface area (Å²) in [5.41, 5.74) is 0. The molecule has 0 aromatic heterocycles. The van der Waals surface area contributed by atoms with Crippen LogP contribution in [0.25, 0.3) is 0 Å². The third-order valence-corrected chi connectivity index (χ3v) is 5.11. The summed E-state index contributed by atoms with van der Waals surface area (Å²) in [6, 6.07) is -0.0638. The molecule has 2 unspecified atom stereocenters. The van der Waals surface area contributed by atoms with E-state index in [1.54, 1.807) is 0 Å². The average molecular weight is 280 g/mol. The Morgan fingerprint density at radius 1 is 1.24 bits per heavy atom. The molecule has 100 valence electrons. The Kier molecular flexibility index (Phi) is 6.67. The molecule has 0 aromatic carbocycles. The number of methoxy groups -OCH3 is 1. The van der Waals surface area contributed by atoms with Crippen LogP contribution in [0.15, 0.2) is 0 Å². The lowest BCUT2D eigenvalue weighted by molar-refractivity contribution is -0.142. The molecule has 1 N–H and O–H groups in total. The summed E-state index contributed by atoms with van der Waals surface area (Å²) < 4.78 is 4.76. The minimum Gasteiger partial charge on any atom is -0.468 e. The van der Waals surface area contributed by atoms with Gasteiger partial charge < -0.3 is 10.1 Å². The van der Waals surface area contributed by atoms with E-state index in [1.165, 1.54) is 39.2 Å². The van der Waals surface area contributed by atoms with Crippen LogP contribution >= 0.6 is 24.2 Å². The zero-order valence-corrected chi connectivity index (χ0v) is 11.9. The van der Waals surface area contributed by atoms with Gasteiger partial charge in [-0.05, 0) is 19.3 Å². The van der Waals surface area contributed by atoms with Gasteiger partial charge in [-0.2, -0.15) is 11.8 Å². The van der Waals surface area contributed by atoms with E-state index < -0.39 is 0 Å². The molecule has 2 rings (SSSR count). The van der Waals surface area contributed by atoms with Crippen molar-refractivity contribution in [2.45, 2.75) is 55.1 Å². The quantitative estimate of drug-likeness (QED) is 0.805. The highest BCUT2D eigenvalue weighted by Crippen LogP contribution is 2.34. The summed E-state index contributed by atoms with van der Waals surface area (Å²) in [5, 5.41) is 4.69. The molecule has 2 aliphatic rings. The first-order valence-corrected chi connectivity index (χ1v) is 7.20. The molecule has 17 heavy (non-hydrogen) atoms. The maximum absolute atomic E-state index is 11.4. The number of rotatable bonds is 3. The van der Waals surface area contributed by atoms with Crippen molar-refractivity contribution in [3.63, 3.8) is 0 Å². The van der Waals surface area contributed by atoms with Crippen molar-refractivity contribution in [3.05, 3.63) is 0 Å². The number of carbonyl (C=O) groups is 1. The Morgan fingerprint density at radius 2 is 1.94 bits per heavy atom. The fraction of sp³-hybridized carbons (Fsp3) is 0.917. The molecule has 1 aliphatic carbocycles. The molecule has 0 amide bonds. The SMILES string of the molecule is COC(=O)C1CC(SC2CCCCC2)CN1.Cl. The average Bonchev–Trinajstić information content (AvgIpc) is 2.78. The van der Waals surface area contributed by atoms with E-state index in [2.05, 4.69) is 17.1 Å². The van der Waals surface area contributed by atoms with Crippen molar-refractivity contribution < 1.29 is 9.53 Å². The Morgan fingerprint density at radius 3 is 2.59 bits per heavy atom. The van der Waals surface area contributed by atoms with Gasteiger partial charge in [-0.3, -0.25) is 4.79 Å². The van der Waals surface area contributed by atoms with Crippen LogP contribution in [0, 0.1) is 0 Å². The highest BCUT2D eigenvalue weighted by Gasteiger charge is 2.32. The first-order valence-electron chi connectivity index (χ1n) is 6.26. The topological polar surface area (TPSA) is 38.3 Å². The number of ether oxygens (including phenoxy) is 1. The minimum absolute atomic E-state index is 0. The molecule has 2 atom stereocenters. The zero-order valence-electron chi connectivity index (χ0n) is 10.3. The number of hydrogen-bond donors (Lipinski definition) is 1. The van der Waals surface area contributed by atoms with Crippen LogP contribution < -0.4 is 5.32 Å². The molecule has 2 fully saturated rings. The fourth-order valence-electron chi connectivity index (χ4n) is 2.60. The number of esters is 1. The Balaban J connectivity index is 0.00000144. The predicted molar refractivity (Wildman–Crippen MR) is 73.9 cm³/mol. The maximum Gasteiger partial charge on any atom is 0.322 e. The highest BCUT2D eigenvalue weighted by atomic mass is 35.5. The molecule has 0 spiro atoms. The van der Waals surface area contributed by atoms with E-state index in [4.69, 9.17) is 4.74 Å². The lowest BCUT2D eigenvalue weighted by Gasteiger charge is -2.23. The first-order chi connectivity index (χ1) is 7.79. The zero-order chi connectivity index (χ0) is 11.4. The predicted octanol–water partition coefficient (Wildman–Crippen LogP) is 2.38. The van der Waals surface area contributed by atoms with E-state index in [0.717, 1.165) is 18.2 Å². The fourth-order valence-corrected chi connectivity index (χ4v) is 4.25. The number of nitrogens with one attached hydrogen (secondary N) is 1. The molecule has 1 aliphatic heterocycles. The van der Waals surface area contributed by atoms with Crippen molar-refractivity contribution in [3.8, 4) is 0 Å². The largest absolute Gasteiger partial charge is 0.468 e. The Labute approximate surface area is 114 Å². The molecular weight excluding hydrogens is 258 g/mol. The number of thioether (sulfide) groups is 1. The van der Waals surface area contributed by atoms with Crippen LogP contribution in [0.1, 0.15) is 38.5 Å². The Bertz CT molecular complexity index is 247. The maximum atomic E-state index is 11.4. The number of carbonyl (C=O) groups excluding carboxylic acids is 1. The van der Waals surface area contributed by atoms with Crippen LogP contribution in [0.4, 0.5) is 0 Å². The second-order valence-electron chi connectivity index (χ2n) is 4.74.